The van der Waals surface area contributed by atoms with Gasteiger partial charge in [-0.25, -0.2) is 0 Å². The van der Waals surface area contributed by atoms with Gasteiger partial charge in [0.2, 0.25) is 0 Å². The molecule has 2 atom stereocenters. The summed E-state index contributed by atoms with van der Waals surface area (Å²) in [6, 6.07) is 0.851. The van der Waals surface area contributed by atoms with Crippen molar-refractivity contribution >= 4 is 0 Å². The Morgan fingerprint density at radius 1 is 1.15 bits per heavy atom. The maximum absolute atomic E-state index is 3.65. The number of hydrogen-bond donors (Lipinski definition) is 1. The van der Waals surface area contributed by atoms with Crippen LogP contribution < -0.4 is 5.32 Å². The van der Waals surface area contributed by atoms with Gasteiger partial charge in [0.15, 0.2) is 0 Å². The fourth-order valence-corrected chi connectivity index (χ4v) is 2.66. The summed E-state index contributed by atoms with van der Waals surface area (Å²) in [5.41, 5.74) is 0. The van der Waals surface area contributed by atoms with E-state index in [2.05, 4.69) is 12.2 Å². The van der Waals surface area contributed by atoms with E-state index in [4.69, 9.17) is 0 Å². The second kappa shape index (κ2) is 4.45. The minimum Gasteiger partial charge on any atom is -0.314 e. The average Bonchev–Trinajstić information content (AvgIpc) is 2.01. The Labute approximate surface area is 82.3 Å². The summed E-state index contributed by atoms with van der Waals surface area (Å²) >= 11 is 0. The van der Waals surface area contributed by atoms with Crippen molar-refractivity contribution in [1.29, 1.82) is 0 Å². The largest absolute Gasteiger partial charge is 0.314 e. The highest BCUT2D eigenvalue weighted by Gasteiger charge is 2.22. The van der Waals surface area contributed by atoms with Crippen molar-refractivity contribution in [1.82, 2.24) is 5.32 Å². The summed E-state index contributed by atoms with van der Waals surface area (Å²) in [5, 5.41) is 3.65. The van der Waals surface area contributed by atoms with Gasteiger partial charge in [-0.05, 0) is 44.1 Å². The third-order valence-electron chi connectivity index (χ3n) is 3.91. The molecule has 1 heterocycles. The fraction of sp³-hybridized carbons (Fsp3) is 1.00. The van der Waals surface area contributed by atoms with Gasteiger partial charge in [-0.3, -0.25) is 0 Å². The first-order valence-corrected chi connectivity index (χ1v) is 6.08. The first kappa shape index (κ1) is 9.51. The van der Waals surface area contributed by atoms with Crippen molar-refractivity contribution in [2.45, 2.75) is 57.9 Å². The van der Waals surface area contributed by atoms with Gasteiger partial charge in [0.05, 0.1) is 0 Å². The van der Waals surface area contributed by atoms with Crippen LogP contribution in [0.15, 0.2) is 0 Å². The average molecular weight is 181 g/mol. The molecule has 2 fully saturated rings. The lowest BCUT2D eigenvalue weighted by Gasteiger charge is -2.31. The summed E-state index contributed by atoms with van der Waals surface area (Å²) in [5.74, 6) is 2.06. The molecule has 1 saturated carbocycles. The van der Waals surface area contributed by atoms with Gasteiger partial charge < -0.3 is 5.32 Å². The molecule has 0 spiro atoms. The maximum Gasteiger partial charge on any atom is 0.00697 e. The molecule has 0 aromatic heterocycles. The lowest BCUT2D eigenvalue weighted by Crippen LogP contribution is -2.37. The lowest BCUT2D eigenvalue weighted by molar-refractivity contribution is 0.245. The van der Waals surface area contributed by atoms with Crippen molar-refractivity contribution in [3.63, 3.8) is 0 Å². The van der Waals surface area contributed by atoms with Crippen LogP contribution in [0.25, 0.3) is 0 Å². The molecule has 0 aromatic rings. The molecule has 0 bridgehead atoms. The highest BCUT2D eigenvalue weighted by atomic mass is 14.9. The van der Waals surface area contributed by atoms with E-state index >= 15 is 0 Å². The van der Waals surface area contributed by atoms with Crippen LogP contribution in [0.2, 0.25) is 0 Å². The topological polar surface area (TPSA) is 12.0 Å². The fourth-order valence-electron chi connectivity index (χ4n) is 2.66. The van der Waals surface area contributed by atoms with Crippen molar-refractivity contribution in [3.05, 3.63) is 0 Å². The van der Waals surface area contributed by atoms with Gasteiger partial charge in [-0.15, -0.1) is 0 Å². The first-order chi connectivity index (χ1) is 6.34. The molecule has 0 aromatic carbocycles. The smallest absolute Gasteiger partial charge is 0.00697 e. The number of hydrogen-bond acceptors (Lipinski definition) is 1. The van der Waals surface area contributed by atoms with Crippen LogP contribution in [-0.2, 0) is 0 Å². The zero-order valence-electron chi connectivity index (χ0n) is 8.89. The van der Waals surface area contributed by atoms with Gasteiger partial charge in [-0.1, -0.05) is 26.2 Å². The van der Waals surface area contributed by atoms with E-state index in [0.717, 1.165) is 17.9 Å². The summed E-state index contributed by atoms with van der Waals surface area (Å²) in [4.78, 5) is 0. The van der Waals surface area contributed by atoms with Crippen molar-refractivity contribution < 1.29 is 0 Å². The highest BCUT2D eigenvalue weighted by Crippen LogP contribution is 2.31. The van der Waals surface area contributed by atoms with Gasteiger partial charge in [0, 0.05) is 6.04 Å². The zero-order valence-corrected chi connectivity index (χ0v) is 8.89. The third-order valence-corrected chi connectivity index (χ3v) is 3.91. The standard InChI is InChI=1S/C12H23N/c1-10-7-8-13-12(9-10)6-5-11-3-2-4-11/h10-13H,2-9H2,1H3. The van der Waals surface area contributed by atoms with Gasteiger partial charge >= 0.3 is 0 Å². The predicted octanol–water partition coefficient (Wildman–Crippen LogP) is 2.95. The Morgan fingerprint density at radius 3 is 2.62 bits per heavy atom. The van der Waals surface area contributed by atoms with Gasteiger partial charge in [0.1, 0.15) is 0 Å². The van der Waals surface area contributed by atoms with Gasteiger partial charge in [-0.2, -0.15) is 0 Å². The molecule has 1 aliphatic carbocycles. The monoisotopic (exact) mass is 181 g/mol. The Balaban J connectivity index is 1.62. The van der Waals surface area contributed by atoms with Crippen LogP contribution in [0.1, 0.15) is 51.9 Å². The minimum atomic E-state index is 0.851. The van der Waals surface area contributed by atoms with Crippen LogP contribution in [0.3, 0.4) is 0 Å². The molecular weight excluding hydrogens is 158 g/mol. The molecule has 13 heavy (non-hydrogen) atoms. The maximum atomic E-state index is 3.65. The third kappa shape index (κ3) is 2.70. The van der Waals surface area contributed by atoms with E-state index in [1.165, 1.54) is 51.5 Å². The normalized spacial score (nSPS) is 35.8. The molecule has 1 aliphatic heterocycles. The number of nitrogens with one attached hydrogen (secondary N) is 1. The number of piperidine rings is 1. The Morgan fingerprint density at radius 2 is 2.00 bits per heavy atom. The van der Waals surface area contributed by atoms with E-state index in [-0.39, 0.29) is 0 Å². The molecule has 2 unspecified atom stereocenters. The lowest BCUT2D eigenvalue weighted by atomic mass is 9.80. The van der Waals surface area contributed by atoms with Crippen LogP contribution in [0, 0.1) is 11.8 Å². The van der Waals surface area contributed by atoms with E-state index in [0.29, 0.717) is 0 Å². The van der Waals surface area contributed by atoms with E-state index < -0.39 is 0 Å². The van der Waals surface area contributed by atoms with Crippen LogP contribution in [0.5, 0.6) is 0 Å². The van der Waals surface area contributed by atoms with Crippen molar-refractivity contribution in [3.8, 4) is 0 Å². The van der Waals surface area contributed by atoms with Crippen LogP contribution in [0.4, 0.5) is 0 Å². The Kier molecular flexibility index (Phi) is 3.26. The molecule has 2 rings (SSSR count). The SMILES string of the molecule is CC1CCNC(CCC2CCC2)C1. The summed E-state index contributed by atoms with van der Waals surface area (Å²) < 4.78 is 0. The molecule has 1 saturated heterocycles. The number of rotatable bonds is 3. The molecule has 2 aliphatic rings. The van der Waals surface area contributed by atoms with Crippen molar-refractivity contribution in [2.75, 3.05) is 6.54 Å². The van der Waals surface area contributed by atoms with Crippen molar-refractivity contribution in [2.24, 2.45) is 11.8 Å². The molecule has 1 N–H and O–H groups in total. The highest BCUT2D eigenvalue weighted by molar-refractivity contribution is 4.78. The van der Waals surface area contributed by atoms with E-state index in [9.17, 15) is 0 Å². The minimum absolute atomic E-state index is 0.851. The van der Waals surface area contributed by atoms with E-state index in [1.807, 2.05) is 0 Å². The molecule has 1 heteroatoms. The molecular formula is C12H23N. The summed E-state index contributed by atoms with van der Waals surface area (Å²) in [6.07, 6.45) is 10.3. The predicted molar refractivity (Wildman–Crippen MR) is 56.8 cm³/mol. The zero-order chi connectivity index (χ0) is 9.10. The molecule has 76 valence electrons. The quantitative estimate of drug-likeness (QED) is 0.706. The second-order valence-corrected chi connectivity index (χ2v) is 5.15. The van der Waals surface area contributed by atoms with Crippen LogP contribution >= 0.6 is 0 Å². The van der Waals surface area contributed by atoms with Crippen LogP contribution in [-0.4, -0.2) is 12.6 Å². The Bertz CT molecular complexity index is 151. The summed E-state index contributed by atoms with van der Waals surface area (Å²) in [7, 11) is 0. The molecule has 0 radical (unpaired) electrons. The second-order valence-electron chi connectivity index (χ2n) is 5.15. The molecule has 1 nitrogen and oxygen atoms in total. The van der Waals surface area contributed by atoms with Gasteiger partial charge in [0.25, 0.3) is 0 Å². The van der Waals surface area contributed by atoms with E-state index in [1.54, 1.807) is 0 Å². The summed E-state index contributed by atoms with van der Waals surface area (Å²) in [6.45, 7) is 3.66. The Hall–Kier alpha value is -0.0400. The molecule has 0 amide bonds. The first-order valence-electron chi connectivity index (χ1n) is 6.08.